The zero-order chi connectivity index (χ0) is 25.3. The van der Waals surface area contributed by atoms with E-state index < -0.39 is 11.6 Å². The summed E-state index contributed by atoms with van der Waals surface area (Å²) in [7, 11) is 0. The fourth-order valence-electron chi connectivity index (χ4n) is 4.31. The minimum absolute atomic E-state index is 0.290. The molecule has 1 saturated carbocycles. The van der Waals surface area contributed by atoms with Crippen molar-refractivity contribution in [3.8, 4) is 11.1 Å². The number of hydrogen-bond donors (Lipinski definition) is 0. The Balaban J connectivity index is 0.000000841. The topological polar surface area (TPSA) is 3.24 Å². The second kappa shape index (κ2) is 12.6. The molecule has 1 heterocycles. The van der Waals surface area contributed by atoms with Gasteiger partial charge in [0.15, 0.2) is 0 Å². The van der Waals surface area contributed by atoms with E-state index in [-0.39, 0.29) is 5.56 Å². The summed E-state index contributed by atoms with van der Waals surface area (Å²) in [5.74, 6) is 0. The van der Waals surface area contributed by atoms with Crippen LogP contribution >= 0.6 is 0 Å². The molecule has 1 aliphatic carbocycles. The monoisotopic (exact) mass is 463 g/mol. The fraction of sp³-hybridized carbons (Fsp3) is 0.586. The highest BCUT2D eigenvalue weighted by atomic mass is 19.4. The summed E-state index contributed by atoms with van der Waals surface area (Å²) in [6, 6.07) is 15.2. The van der Waals surface area contributed by atoms with Crippen molar-refractivity contribution in [1.82, 2.24) is 4.90 Å². The number of rotatable bonds is 4. The minimum Gasteiger partial charge on any atom is -0.298 e. The third-order valence-corrected chi connectivity index (χ3v) is 6.54. The van der Waals surface area contributed by atoms with Crippen molar-refractivity contribution in [3.63, 3.8) is 0 Å². The highest BCUT2D eigenvalue weighted by Gasteiger charge is 2.48. The molecule has 0 amide bonds. The van der Waals surface area contributed by atoms with Crippen LogP contribution in [0.5, 0.6) is 0 Å². The summed E-state index contributed by atoms with van der Waals surface area (Å²) in [6.45, 7) is 17.9. The number of alkyl halides is 3. The highest BCUT2D eigenvalue weighted by Crippen LogP contribution is 2.48. The molecule has 1 nitrogen and oxygen atoms in total. The second-order valence-electron chi connectivity index (χ2n) is 8.90. The third-order valence-electron chi connectivity index (χ3n) is 6.54. The second-order valence-corrected chi connectivity index (χ2v) is 8.90. The standard InChI is InChI=1S/C23H26F3N.3C2H6/c1-21(2,23(24,25)26)20-10-8-19(9-11-20)18-6-4-17(5-7-18)14-27-15-22(16-27)12-3-13-22;3*1-2/h4-11H,3,12-16H2,1-2H3;3*1-2H3. The van der Waals surface area contributed by atoms with Gasteiger partial charge in [-0.1, -0.05) is 96.5 Å². The molecule has 33 heavy (non-hydrogen) atoms. The molecule has 2 aromatic carbocycles. The summed E-state index contributed by atoms with van der Waals surface area (Å²) in [5.41, 5.74) is 2.37. The Morgan fingerprint density at radius 3 is 1.52 bits per heavy atom. The van der Waals surface area contributed by atoms with Crippen LogP contribution in [-0.2, 0) is 12.0 Å². The summed E-state index contributed by atoms with van der Waals surface area (Å²) < 4.78 is 39.6. The number of benzene rings is 2. The van der Waals surface area contributed by atoms with Gasteiger partial charge in [0.2, 0.25) is 0 Å². The van der Waals surface area contributed by atoms with Gasteiger partial charge in [0.1, 0.15) is 0 Å². The van der Waals surface area contributed by atoms with Gasteiger partial charge in [-0.2, -0.15) is 13.2 Å². The predicted octanol–water partition coefficient (Wildman–Crippen LogP) is 9.26. The van der Waals surface area contributed by atoms with E-state index >= 15 is 0 Å². The molecular formula is C29H44F3N. The van der Waals surface area contributed by atoms with Crippen molar-refractivity contribution < 1.29 is 13.2 Å². The smallest absolute Gasteiger partial charge is 0.298 e. The average Bonchev–Trinajstić information content (AvgIpc) is 2.78. The van der Waals surface area contributed by atoms with E-state index in [1.54, 1.807) is 24.3 Å². The zero-order valence-corrected chi connectivity index (χ0v) is 21.9. The van der Waals surface area contributed by atoms with Gasteiger partial charge < -0.3 is 0 Å². The Morgan fingerprint density at radius 2 is 1.15 bits per heavy atom. The van der Waals surface area contributed by atoms with Gasteiger partial charge in [-0.3, -0.25) is 4.90 Å². The predicted molar refractivity (Wildman–Crippen MR) is 137 cm³/mol. The van der Waals surface area contributed by atoms with E-state index in [0.717, 1.165) is 17.7 Å². The zero-order valence-electron chi connectivity index (χ0n) is 21.9. The molecule has 4 rings (SSSR count). The van der Waals surface area contributed by atoms with Crippen LogP contribution in [0.25, 0.3) is 11.1 Å². The molecule has 2 aromatic rings. The molecule has 0 aromatic heterocycles. The van der Waals surface area contributed by atoms with Gasteiger partial charge in [-0.25, -0.2) is 0 Å². The van der Waals surface area contributed by atoms with Crippen LogP contribution in [-0.4, -0.2) is 24.2 Å². The SMILES string of the molecule is CC.CC.CC.CC(C)(c1ccc(-c2ccc(CN3CC4(CCC4)C3)cc2)cc1)C(F)(F)F. The molecule has 2 fully saturated rings. The van der Waals surface area contributed by atoms with Crippen LogP contribution in [0.3, 0.4) is 0 Å². The first-order valence-corrected chi connectivity index (χ1v) is 12.7. The van der Waals surface area contributed by atoms with Crippen LogP contribution in [0.4, 0.5) is 13.2 Å². The van der Waals surface area contributed by atoms with Crippen LogP contribution in [0.15, 0.2) is 48.5 Å². The van der Waals surface area contributed by atoms with Gasteiger partial charge in [-0.15, -0.1) is 0 Å². The molecule has 0 atom stereocenters. The maximum atomic E-state index is 13.2. The van der Waals surface area contributed by atoms with Gasteiger partial charge >= 0.3 is 6.18 Å². The number of halogens is 3. The van der Waals surface area contributed by atoms with Crippen molar-refractivity contribution in [2.75, 3.05) is 13.1 Å². The van der Waals surface area contributed by atoms with Crippen LogP contribution in [0.2, 0.25) is 0 Å². The van der Waals surface area contributed by atoms with Crippen molar-refractivity contribution in [2.45, 2.75) is 92.8 Å². The average molecular weight is 464 g/mol. The van der Waals surface area contributed by atoms with Crippen LogP contribution < -0.4 is 0 Å². The quantitative estimate of drug-likeness (QED) is 0.437. The first kappa shape index (κ1) is 29.2. The molecule has 0 radical (unpaired) electrons. The molecule has 2 aliphatic rings. The normalized spacial score (nSPS) is 16.6. The maximum Gasteiger partial charge on any atom is 0.397 e. The van der Waals surface area contributed by atoms with Crippen molar-refractivity contribution in [3.05, 3.63) is 59.7 Å². The Hall–Kier alpha value is -1.81. The lowest BCUT2D eigenvalue weighted by Crippen LogP contribution is -2.58. The Kier molecular flexibility index (Phi) is 11.2. The molecule has 1 saturated heterocycles. The van der Waals surface area contributed by atoms with Crippen molar-refractivity contribution in [2.24, 2.45) is 5.41 Å². The first-order valence-electron chi connectivity index (χ1n) is 12.7. The molecule has 4 heteroatoms. The summed E-state index contributed by atoms with van der Waals surface area (Å²) >= 11 is 0. The summed E-state index contributed by atoms with van der Waals surface area (Å²) in [6.07, 6.45) is -0.0836. The molecule has 1 spiro atoms. The molecule has 0 unspecified atom stereocenters. The summed E-state index contributed by atoms with van der Waals surface area (Å²) in [5, 5.41) is 0. The van der Waals surface area contributed by atoms with E-state index in [0.29, 0.717) is 5.41 Å². The minimum atomic E-state index is -4.26. The van der Waals surface area contributed by atoms with Crippen molar-refractivity contribution >= 4 is 0 Å². The van der Waals surface area contributed by atoms with E-state index in [1.165, 1.54) is 51.8 Å². The summed E-state index contributed by atoms with van der Waals surface area (Å²) in [4.78, 5) is 2.50. The molecule has 1 aliphatic heterocycles. The number of hydrogen-bond acceptors (Lipinski definition) is 1. The Labute approximate surface area is 200 Å². The highest BCUT2D eigenvalue weighted by molar-refractivity contribution is 5.64. The van der Waals surface area contributed by atoms with Crippen LogP contribution in [0, 0.1) is 5.41 Å². The largest absolute Gasteiger partial charge is 0.397 e. The van der Waals surface area contributed by atoms with Gasteiger partial charge in [0.25, 0.3) is 0 Å². The first-order chi connectivity index (χ1) is 15.7. The number of nitrogens with zero attached hydrogens (tertiary/aromatic N) is 1. The van der Waals surface area contributed by atoms with Gasteiger partial charge in [0.05, 0.1) is 5.41 Å². The molecule has 0 bridgehead atoms. The van der Waals surface area contributed by atoms with Gasteiger partial charge in [0, 0.05) is 19.6 Å². The maximum absolute atomic E-state index is 13.2. The molecule has 0 N–H and O–H groups in total. The third kappa shape index (κ3) is 6.85. The van der Waals surface area contributed by atoms with Gasteiger partial charge in [-0.05, 0) is 54.4 Å². The van der Waals surface area contributed by atoms with E-state index in [4.69, 9.17) is 0 Å². The Morgan fingerprint density at radius 1 is 0.727 bits per heavy atom. The molecule has 186 valence electrons. The fourth-order valence-corrected chi connectivity index (χ4v) is 4.31. The lowest BCUT2D eigenvalue weighted by molar-refractivity contribution is -0.180. The number of likely N-dealkylation sites (tertiary alicyclic amines) is 1. The lowest BCUT2D eigenvalue weighted by Gasteiger charge is -2.56. The van der Waals surface area contributed by atoms with E-state index in [1.807, 2.05) is 41.5 Å². The van der Waals surface area contributed by atoms with E-state index in [9.17, 15) is 13.2 Å². The molecular weight excluding hydrogens is 419 g/mol. The lowest BCUT2D eigenvalue weighted by atomic mass is 9.63. The van der Waals surface area contributed by atoms with E-state index in [2.05, 4.69) is 29.2 Å². The van der Waals surface area contributed by atoms with Crippen LogP contribution in [0.1, 0.15) is 85.8 Å². The van der Waals surface area contributed by atoms with Crippen molar-refractivity contribution in [1.29, 1.82) is 0 Å². The Bertz CT molecular complexity index is 792.